The van der Waals surface area contributed by atoms with Gasteiger partial charge in [0.25, 0.3) is 0 Å². The molecule has 174 valence electrons. The fourth-order valence-electron chi connectivity index (χ4n) is 4.29. The van der Waals surface area contributed by atoms with Crippen LogP contribution in [0.2, 0.25) is 0 Å². The van der Waals surface area contributed by atoms with Gasteiger partial charge >= 0.3 is 0 Å². The summed E-state index contributed by atoms with van der Waals surface area (Å²) in [5.74, 6) is 1.94. The Morgan fingerprint density at radius 1 is 1.16 bits per heavy atom. The zero-order valence-corrected chi connectivity index (χ0v) is 20.4. The van der Waals surface area contributed by atoms with Gasteiger partial charge in [0.15, 0.2) is 5.65 Å². The number of hydrogen-bond acceptors (Lipinski definition) is 6. The van der Waals surface area contributed by atoms with Crippen LogP contribution in [0.15, 0.2) is 18.2 Å². The van der Waals surface area contributed by atoms with Gasteiger partial charge in [-0.3, -0.25) is 0 Å². The maximum absolute atomic E-state index is 5.81. The number of unbranched alkanes of at least 4 members (excludes halogenated alkanes) is 1. The molecule has 7 nitrogen and oxygen atoms in total. The molecule has 1 aliphatic heterocycles. The largest absolute Gasteiger partial charge is 0.497 e. The number of hydrogen-bond donors (Lipinski definition) is 0. The molecule has 32 heavy (non-hydrogen) atoms. The number of nitrogens with zero attached hydrogens (tertiary/aromatic N) is 4. The molecular weight excluding hydrogens is 428 g/mol. The molecule has 1 aromatic carbocycles. The van der Waals surface area contributed by atoms with Crippen molar-refractivity contribution in [2.45, 2.75) is 46.8 Å². The van der Waals surface area contributed by atoms with E-state index < -0.39 is 0 Å². The second kappa shape index (κ2) is 10.5. The Bertz CT molecular complexity index is 1080. The molecule has 0 radical (unpaired) electrons. The molecule has 0 atom stereocenters. The van der Waals surface area contributed by atoms with Crippen LogP contribution >= 0.6 is 12.4 Å². The van der Waals surface area contributed by atoms with Crippen molar-refractivity contribution in [2.24, 2.45) is 0 Å². The van der Waals surface area contributed by atoms with Crippen molar-refractivity contribution in [3.63, 3.8) is 0 Å². The minimum absolute atomic E-state index is 0. The van der Waals surface area contributed by atoms with E-state index in [0.717, 1.165) is 76.8 Å². The molecule has 0 saturated heterocycles. The van der Waals surface area contributed by atoms with Gasteiger partial charge in [0, 0.05) is 31.3 Å². The minimum Gasteiger partial charge on any atom is -0.497 e. The van der Waals surface area contributed by atoms with Crippen molar-refractivity contribution in [3.8, 4) is 16.9 Å². The molecule has 0 aliphatic carbocycles. The molecule has 0 bridgehead atoms. The van der Waals surface area contributed by atoms with E-state index in [1.807, 2.05) is 10.6 Å². The number of aromatic nitrogens is 3. The lowest BCUT2D eigenvalue weighted by Gasteiger charge is -2.26. The van der Waals surface area contributed by atoms with Crippen LogP contribution in [0.4, 0.5) is 5.82 Å². The molecule has 2 aromatic heterocycles. The van der Waals surface area contributed by atoms with Gasteiger partial charge in [0.1, 0.15) is 11.6 Å². The number of halogens is 1. The maximum Gasteiger partial charge on any atom is 0.165 e. The molecular formula is C24H33ClN4O3. The molecule has 4 rings (SSSR count). The summed E-state index contributed by atoms with van der Waals surface area (Å²) in [7, 11) is 3.44. The second-order valence-corrected chi connectivity index (χ2v) is 8.06. The number of ether oxygens (including phenoxy) is 3. The Balaban J connectivity index is 0.00000289. The fraction of sp³-hybridized carbons (Fsp3) is 0.500. The average Bonchev–Trinajstić information content (AvgIpc) is 3.36. The van der Waals surface area contributed by atoms with Gasteiger partial charge in [-0.25, -0.2) is 4.98 Å². The first kappa shape index (κ1) is 24.3. The molecule has 0 unspecified atom stereocenters. The van der Waals surface area contributed by atoms with Crippen LogP contribution in [-0.4, -0.2) is 48.5 Å². The summed E-state index contributed by atoms with van der Waals surface area (Å²) in [6.07, 6.45) is 2.23. The van der Waals surface area contributed by atoms with Crippen LogP contribution in [0.3, 0.4) is 0 Å². The standard InChI is InChI=1S/C24H32N4O3.ClH/c1-6-7-10-27(11-12-29-4)24-20-14-31-15-21(20)25-23-22(17(3)26-28(23)24)19-9-8-18(30-5)13-16(19)2;/h8-9,13H,6-7,10-12,14-15H2,1-5H3;1H. The monoisotopic (exact) mass is 460 g/mol. The van der Waals surface area contributed by atoms with Gasteiger partial charge < -0.3 is 19.1 Å². The van der Waals surface area contributed by atoms with Crippen LogP contribution in [0.5, 0.6) is 5.75 Å². The number of fused-ring (bicyclic) bond motifs is 2. The van der Waals surface area contributed by atoms with Crippen molar-refractivity contribution < 1.29 is 14.2 Å². The summed E-state index contributed by atoms with van der Waals surface area (Å²) in [6.45, 7) is 9.89. The average molecular weight is 461 g/mol. The van der Waals surface area contributed by atoms with Crippen molar-refractivity contribution >= 4 is 23.9 Å². The van der Waals surface area contributed by atoms with Gasteiger partial charge in [-0.1, -0.05) is 19.4 Å². The summed E-state index contributed by atoms with van der Waals surface area (Å²) < 4.78 is 18.6. The van der Waals surface area contributed by atoms with Crippen molar-refractivity contribution in [1.82, 2.24) is 14.6 Å². The summed E-state index contributed by atoms with van der Waals surface area (Å²) in [5, 5.41) is 4.97. The van der Waals surface area contributed by atoms with Gasteiger partial charge in [-0.05, 0) is 43.5 Å². The molecule has 1 aliphatic rings. The van der Waals surface area contributed by atoms with E-state index in [0.29, 0.717) is 19.8 Å². The van der Waals surface area contributed by atoms with Crippen LogP contribution in [0, 0.1) is 13.8 Å². The SMILES string of the molecule is CCCCN(CCOC)c1c2c(nc3c(-c4ccc(OC)cc4C)c(C)nn13)COC2.Cl. The highest BCUT2D eigenvalue weighted by Gasteiger charge is 2.27. The Labute approximate surface area is 196 Å². The van der Waals surface area contributed by atoms with Crippen LogP contribution in [0.25, 0.3) is 16.8 Å². The number of rotatable bonds is 9. The third-order valence-corrected chi connectivity index (χ3v) is 5.93. The van der Waals surface area contributed by atoms with Crippen molar-refractivity contribution in [2.75, 3.05) is 38.8 Å². The number of aryl methyl sites for hydroxylation is 2. The van der Waals surface area contributed by atoms with E-state index in [2.05, 4.69) is 37.8 Å². The van der Waals surface area contributed by atoms with E-state index in [-0.39, 0.29) is 12.4 Å². The number of benzene rings is 1. The molecule has 0 N–H and O–H groups in total. The molecule has 0 saturated carbocycles. The quantitative estimate of drug-likeness (QED) is 0.460. The van der Waals surface area contributed by atoms with E-state index in [9.17, 15) is 0 Å². The Morgan fingerprint density at radius 2 is 1.97 bits per heavy atom. The van der Waals surface area contributed by atoms with Crippen molar-refractivity contribution in [1.29, 1.82) is 0 Å². The molecule has 3 aromatic rings. The molecule has 0 spiro atoms. The first-order valence-electron chi connectivity index (χ1n) is 11.0. The Hall–Kier alpha value is -2.35. The third-order valence-electron chi connectivity index (χ3n) is 5.93. The normalized spacial score (nSPS) is 12.7. The lowest BCUT2D eigenvalue weighted by Crippen LogP contribution is -2.31. The summed E-state index contributed by atoms with van der Waals surface area (Å²) in [4.78, 5) is 7.41. The summed E-state index contributed by atoms with van der Waals surface area (Å²) in [6, 6.07) is 6.15. The van der Waals surface area contributed by atoms with Crippen LogP contribution in [0.1, 0.15) is 42.3 Å². The van der Waals surface area contributed by atoms with Crippen molar-refractivity contribution in [3.05, 3.63) is 40.7 Å². The fourth-order valence-corrected chi connectivity index (χ4v) is 4.29. The predicted octanol–water partition coefficient (Wildman–Crippen LogP) is 4.73. The van der Waals surface area contributed by atoms with E-state index >= 15 is 0 Å². The van der Waals surface area contributed by atoms with Gasteiger partial charge in [-0.15, -0.1) is 12.4 Å². The highest BCUT2D eigenvalue weighted by Crippen LogP contribution is 2.37. The van der Waals surface area contributed by atoms with Gasteiger partial charge in [0.05, 0.1) is 38.3 Å². The topological polar surface area (TPSA) is 61.1 Å². The van der Waals surface area contributed by atoms with E-state index in [1.165, 1.54) is 0 Å². The van der Waals surface area contributed by atoms with Gasteiger partial charge in [-0.2, -0.15) is 9.61 Å². The highest BCUT2D eigenvalue weighted by atomic mass is 35.5. The number of methoxy groups -OCH3 is 2. The van der Waals surface area contributed by atoms with Gasteiger partial charge in [0.2, 0.25) is 0 Å². The Morgan fingerprint density at radius 3 is 2.66 bits per heavy atom. The molecule has 8 heteroatoms. The maximum atomic E-state index is 5.81. The highest BCUT2D eigenvalue weighted by molar-refractivity contribution is 5.85. The van der Waals surface area contributed by atoms with Crippen LogP contribution < -0.4 is 9.64 Å². The van der Waals surface area contributed by atoms with E-state index in [4.69, 9.17) is 24.3 Å². The number of anilines is 1. The molecule has 0 amide bonds. The Kier molecular flexibility index (Phi) is 7.98. The van der Waals surface area contributed by atoms with E-state index in [1.54, 1.807) is 14.2 Å². The third kappa shape index (κ3) is 4.42. The second-order valence-electron chi connectivity index (χ2n) is 8.06. The predicted molar refractivity (Wildman–Crippen MR) is 129 cm³/mol. The molecule has 0 fully saturated rings. The van der Waals surface area contributed by atoms with Crippen LogP contribution in [-0.2, 0) is 22.7 Å². The lowest BCUT2D eigenvalue weighted by molar-refractivity contribution is 0.133. The summed E-state index contributed by atoms with van der Waals surface area (Å²) >= 11 is 0. The zero-order valence-electron chi connectivity index (χ0n) is 19.6. The lowest BCUT2D eigenvalue weighted by atomic mass is 10.0. The first-order valence-corrected chi connectivity index (χ1v) is 11.0. The summed E-state index contributed by atoms with van der Waals surface area (Å²) in [5.41, 5.74) is 7.33. The minimum atomic E-state index is 0. The molecule has 3 heterocycles. The first-order chi connectivity index (χ1) is 15.1. The zero-order chi connectivity index (χ0) is 22.0. The smallest absolute Gasteiger partial charge is 0.165 e.